The maximum absolute atomic E-state index is 12.3. The summed E-state index contributed by atoms with van der Waals surface area (Å²) in [6.45, 7) is 0. The highest BCUT2D eigenvalue weighted by molar-refractivity contribution is 5.98. The number of rotatable bonds is 3. The van der Waals surface area contributed by atoms with Gasteiger partial charge in [-0.1, -0.05) is 37.5 Å². The normalized spacial score (nSPS) is 21.4. The molecular weight excluding hydrogens is 208 g/mol. The molecule has 0 aromatic heterocycles. The first-order valence-corrected chi connectivity index (χ1v) is 6.99. The highest BCUT2D eigenvalue weighted by atomic mass is 16.1. The van der Waals surface area contributed by atoms with Gasteiger partial charge in [0.25, 0.3) is 0 Å². The van der Waals surface area contributed by atoms with E-state index >= 15 is 0 Å². The van der Waals surface area contributed by atoms with Crippen LogP contribution in [0.15, 0.2) is 24.3 Å². The minimum Gasteiger partial charge on any atom is -0.294 e. The maximum Gasteiger partial charge on any atom is 0.165 e. The fraction of sp³-hybridized carbons (Fsp3) is 0.562. The van der Waals surface area contributed by atoms with E-state index in [1.165, 1.54) is 37.7 Å². The molecule has 1 aromatic carbocycles. The lowest BCUT2D eigenvalue weighted by atomic mass is 9.79. The van der Waals surface area contributed by atoms with E-state index in [1.54, 1.807) is 0 Å². The first-order valence-electron chi connectivity index (χ1n) is 6.99. The van der Waals surface area contributed by atoms with Crippen LogP contribution in [0.25, 0.3) is 0 Å². The number of ketones is 1. The molecular formula is C16H20O. The smallest absolute Gasteiger partial charge is 0.165 e. The van der Waals surface area contributed by atoms with Crippen LogP contribution < -0.4 is 0 Å². The molecule has 0 saturated heterocycles. The number of carbonyl (C=O) groups is 1. The van der Waals surface area contributed by atoms with Crippen molar-refractivity contribution in [2.75, 3.05) is 0 Å². The second-order valence-electron chi connectivity index (χ2n) is 5.60. The van der Waals surface area contributed by atoms with Gasteiger partial charge in [-0.15, -0.1) is 0 Å². The summed E-state index contributed by atoms with van der Waals surface area (Å²) in [7, 11) is 0. The fourth-order valence-electron chi connectivity index (χ4n) is 3.11. The molecule has 0 aliphatic heterocycles. The van der Waals surface area contributed by atoms with Crippen molar-refractivity contribution in [3.8, 4) is 0 Å². The van der Waals surface area contributed by atoms with Crippen molar-refractivity contribution in [3.63, 3.8) is 0 Å². The Kier molecular flexibility index (Phi) is 3.00. The average Bonchev–Trinajstić information content (AvgIpc) is 2.79. The second kappa shape index (κ2) is 4.64. The summed E-state index contributed by atoms with van der Waals surface area (Å²) in [5.74, 6) is 1.43. The van der Waals surface area contributed by atoms with Crippen LogP contribution in [0.5, 0.6) is 0 Å². The molecule has 1 aromatic rings. The van der Waals surface area contributed by atoms with E-state index in [4.69, 9.17) is 0 Å². The summed E-state index contributed by atoms with van der Waals surface area (Å²) >= 11 is 0. The largest absolute Gasteiger partial charge is 0.294 e. The van der Waals surface area contributed by atoms with E-state index < -0.39 is 0 Å². The van der Waals surface area contributed by atoms with Crippen molar-refractivity contribution < 1.29 is 4.79 Å². The number of Topliss-reactive ketones (excluding diaryl/α,β-unsaturated/α-hetero) is 1. The van der Waals surface area contributed by atoms with Crippen LogP contribution in [0.2, 0.25) is 0 Å². The van der Waals surface area contributed by atoms with Gasteiger partial charge in [-0.3, -0.25) is 4.79 Å². The van der Waals surface area contributed by atoms with Gasteiger partial charge in [-0.25, -0.2) is 0 Å². The van der Waals surface area contributed by atoms with Crippen molar-refractivity contribution in [1.29, 1.82) is 0 Å². The molecule has 1 heteroatoms. The van der Waals surface area contributed by atoms with E-state index in [1.807, 2.05) is 6.07 Å². The Morgan fingerprint density at radius 3 is 2.41 bits per heavy atom. The molecule has 0 heterocycles. The van der Waals surface area contributed by atoms with Gasteiger partial charge in [0.15, 0.2) is 5.78 Å². The Morgan fingerprint density at radius 1 is 1.00 bits per heavy atom. The van der Waals surface area contributed by atoms with Crippen molar-refractivity contribution >= 4 is 5.78 Å². The standard InChI is InChI=1S/C16H20O/c17-16(13-5-1-2-6-13)15-10-4-9-14(11-15)12-7-3-8-12/h4,9-13H,1-3,5-8H2. The Hall–Kier alpha value is -1.11. The van der Waals surface area contributed by atoms with Gasteiger partial charge in [0.1, 0.15) is 0 Å². The molecule has 1 nitrogen and oxygen atoms in total. The molecule has 17 heavy (non-hydrogen) atoms. The Labute approximate surface area is 103 Å². The third-order valence-corrected chi connectivity index (χ3v) is 4.47. The molecule has 0 amide bonds. The van der Waals surface area contributed by atoms with Gasteiger partial charge in [-0.2, -0.15) is 0 Å². The third kappa shape index (κ3) is 2.15. The number of carbonyl (C=O) groups excluding carboxylic acids is 1. The molecule has 3 rings (SSSR count). The van der Waals surface area contributed by atoms with Gasteiger partial charge < -0.3 is 0 Å². The molecule has 0 spiro atoms. The summed E-state index contributed by atoms with van der Waals surface area (Å²) in [4.78, 5) is 12.3. The van der Waals surface area contributed by atoms with E-state index in [0.29, 0.717) is 11.7 Å². The molecule has 90 valence electrons. The topological polar surface area (TPSA) is 17.1 Å². The highest BCUT2D eigenvalue weighted by Crippen LogP contribution is 2.37. The lowest BCUT2D eigenvalue weighted by Crippen LogP contribution is -2.13. The van der Waals surface area contributed by atoms with Crippen LogP contribution in [-0.2, 0) is 0 Å². The van der Waals surface area contributed by atoms with Gasteiger partial charge in [0.05, 0.1) is 0 Å². The van der Waals surface area contributed by atoms with Gasteiger partial charge in [0, 0.05) is 11.5 Å². The van der Waals surface area contributed by atoms with Gasteiger partial charge in [0.2, 0.25) is 0 Å². The summed E-state index contributed by atoms with van der Waals surface area (Å²) < 4.78 is 0. The lowest BCUT2D eigenvalue weighted by molar-refractivity contribution is 0.0922. The number of benzene rings is 1. The molecule has 0 bridgehead atoms. The highest BCUT2D eigenvalue weighted by Gasteiger charge is 2.25. The monoisotopic (exact) mass is 228 g/mol. The van der Waals surface area contributed by atoms with Crippen LogP contribution in [0.3, 0.4) is 0 Å². The zero-order chi connectivity index (χ0) is 11.7. The van der Waals surface area contributed by atoms with Crippen LogP contribution in [-0.4, -0.2) is 5.78 Å². The van der Waals surface area contributed by atoms with Crippen molar-refractivity contribution in [2.24, 2.45) is 5.92 Å². The lowest BCUT2D eigenvalue weighted by Gasteiger charge is -2.26. The van der Waals surface area contributed by atoms with E-state index in [9.17, 15) is 4.79 Å². The minimum absolute atomic E-state index is 0.312. The SMILES string of the molecule is O=C(c1cccc(C2CCC2)c1)C1CCCC1. The number of hydrogen-bond donors (Lipinski definition) is 0. The molecule has 0 N–H and O–H groups in total. The fourth-order valence-corrected chi connectivity index (χ4v) is 3.11. The first kappa shape index (κ1) is 11.0. The summed E-state index contributed by atoms with van der Waals surface area (Å²) in [6, 6.07) is 8.42. The predicted molar refractivity (Wildman–Crippen MR) is 69.3 cm³/mol. The zero-order valence-corrected chi connectivity index (χ0v) is 10.3. The molecule has 2 aliphatic carbocycles. The number of hydrogen-bond acceptors (Lipinski definition) is 1. The summed E-state index contributed by atoms with van der Waals surface area (Å²) in [6.07, 6.45) is 8.64. The molecule has 2 aliphatic rings. The first-order chi connectivity index (χ1) is 8.34. The Bertz CT molecular complexity index is 411. The van der Waals surface area contributed by atoms with Crippen LogP contribution in [0.1, 0.15) is 66.8 Å². The third-order valence-electron chi connectivity index (χ3n) is 4.47. The van der Waals surface area contributed by atoms with Crippen LogP contribution in [0.4, 0.5) is 0 Å². The maximum atomic E-state index is 12.3. The van der Waals surface area contributed by atoms with Crippen LogP contribution in [0, 0.1) is 5.92 Å². The second-order valence-corrected chi connectivity index (χ2v) is 5.60. The molecule has 0 radical (unpaired) electrons. The molecule has 0 unspecified atom stereocenters. The minimum atomic E-state index is 0.312. The van der Waals surface area contributed by atoms with Crippen molar-refractivity contribution in [2.45, 2.75) is 50.9 Å². The van der Waals surface area contributed by atoms with Gasteiger partial charge in [-0.05, 0) is 43.2 Å². The summed E-state index contributed by atoms with van der Waals surface area (Å²) in [5.41, 5.74) is 2.35. The van der Waals surface area contributed by atoms with Crippen LogP contribution >= 0.6 is 0 Å². The quantitative estimate of drug-likeness (QED) is 0.704. The zero-order valence-electron chi connectivity index (χ0n) is 10.3. The predicted octanol–water partition coefficient (Wildman–Crippen LogP) is 4.33. The van der Waals surface area contributed by atoms with E-state index in [2.05, 4.69) is 18.2 Å². The van der Waals surface area contributed by atoms with E-state index in [-0.39, 0.29) is 0 Å². The molecule has 2 saturated carbocycles. The van der Waals surface area contributed by atoms with Gasteiger partial charge >= 0.3 is 0 Å². The molecule has 0 atom stereocenters. The van der Waals surface area contributed by atoms with E-state index in [0.717, 1.165) is 24.3 Å². The molecule has 2 fully saturated rings. The Morgan fingerprint density at radius 2 is 1.76 bits per heavy atom. The van der Waals surface area contributed by atoms with Crippen molar-refractivity contribution in [3.05, 3.63) is 35.4 Å². The van der Waals surface area contributed by atoms with Crippen molar-refractivity contribution in [1.82, 2.24) is 0 Å². The Balaban J connectivity index is 1.79. The summed E-state index contributed by atoms with van der Waals surface area (Å²) in [5, 5.41) is 0. The average molecular weight is 228 g/mol.